The lowest BCUT2D eigenvalue weighted by Crippen LogP contribution is -2.04. The maximum atomic E-state index is 8.97. The highest BCUT2D eigenvalue weighted by Crippen LogP contribution is 2.16. The van der Waals surface area contributed by atoms with Crippen molar-refractivity contribution in [3.05, 3.63) is 40.4 Å². The van der Waals surface area contributed by atoms with E-state index in [1.54, 1.807) is 11.3 Å². The molecule has 0 atom stereocenters. The molecule has 0 radical (unpaired) electrons. The molecule has 2 N–H and O–H groups in total. The van der Waals surface area contributed by atoms with Crippen LogP contribution in [0.5, 0.6) is 0 Å². The third-order valence-electron chi connectivity index (χ3n) is 2.83. The first-order valence-electron chi connectivity index (χ1n) is 6.56. The molecular formula is C14H19N3OS. The molecule has 0 aliphatic carbocycles. The molecule has 102 valence electrons. The maximum Gasteiger partial charge on any atom is 0.205 e. The van der Waals surface area contributed by atoms with E-state index in [0.717, 1.165) is 41.5 Å². The molecule has 0 spiro atoms. The second-order valence-corrected chi connectivity index (χ2v) is 5.46. The van der Waals surface area contributed by atoms with Crippen molar-refractivity contribution in [2.24, 2.45) is 0 Å². The third kappa shape index (κ3) is 4.29. The fourth-order valence-corrected chi connectivity index (χ4v) is 2.63. The van der Waals surface area contributed by atoms with Gasteiger partial charge in [0, 0.05) is 13.0 Å². The summed E-state index contributed by atoms with van der Waals surface area (Å²) in [4.78, 5) is 0. The molecule has 1 heterocycles. The zero-order chi connectivity index (χ0) is 13.5. The number of rotatable bonds is 7. The molecule has 0 aliphatic rings. The zero-order valence-electron chi connectivity index (χ0n) is 11.1. The van der Waals surface area contributed by atoms with Gasteiger partial charge in [0.2, 0.25) is 5.13 Å². The number of aromatic nitrogens is 2. The lowest BCUT2D eigenvalue weighted by atomic mass is 10.1. The fourth-order valence-electron chi connectivity index (χ4n) is 1.77. The molecule has 1 aromatic carbocycles. The van der Waals surface area contributed by atoms with Crippen molar-refractivity contribution >= 4 is 16.5 Å². The highest BCUT2D eigenvalue weighted by Gasteiger charge is 2.02. The molecule has 0 amide bonds. The highest BCUT2D eigenvalue weighted by molar-refractivity contribution is 7.15. The van der Waals surface area contributed by atoms with Gasteiger partial charge in [0.15, 0.2) is 0 Å². The summed E-state index contributed by atoms with van der Waals surface area (Å²) < 4.78 is 0. The van der Waals surface area contributed by atoms with Crippen molar-refractivity contribution in [1.29, 1.82) is 0 Å². The quantitative estimate of drug-likeness (QED) is 0.817. The van der Waals surface area contributed by atoms with Gasteiger partial charge in [-0.15, -0.1) is 10.2 Å². The molecule has 0 saturated carbocycles. The first-order valence-corrected chi connectivity index (χ1v) is 7.38. The molecule has 2 rings (SSSR count). The van der Waals surface area contributed by atoms with Crippen LogP contribution in [0, 0.1) is 0 Å². The zero-order valence-corrected chi connectivity index (χ0v) is 11.9. The number of aliphatic hydroxyl groups is 1. The van der Waals surface area contributed by atoms with Crippen LogP contribution >= 0.6 is 11.3 Å². The minimum Gasteiger partial charge on any atom is -0.392 e. The van der Waals surface area contributed by atoms with Gasteiger partial charge in [-0.1, -0.05) is 42.5 Å². The van der Waals surface area contributed by atoms with E-state index in [-0.39, 0.29) is 6.61 Å². The first kappa shape index (κ1) is 14.0. The Morgan fingerprint density at radius 2 is 1.84 bits per heavy atom. The van der Waals surface area contributed by atoms with E-state index >= 15 is 0 Å². The average molecular weight is 277 g/mol. The summed E-state index contributed by atoms with van der Waals surface area (Å²) in [5.41, 5.74) is 2.20. The predicted octanol–water partition coefficient (Wildman–Crippen LogP) is 2.64. The monoisotopic (exact) mass is 277 g/mol. The van der Waals surface area contributed by atoms with Crippen LogP contribution in [-0.2, 0) is 19.4 Å². The fraction of sp³-hybridized carbons (Fsp3) is 0.429. The predicted molar refractivity (Wildman–Crippen MR) is 78.5 cm³/mol. The molecule has 5 heteroatoms. The highest BCUT2D eigenvalue weighted by atomic mass is 32.1. The Morgan fingerprint density at radius 1 is 1.11 bits per heavy atom. The third-order valence-corrected chi connectivity index (χ3v) is 3.77. The lowest BCUT2D eigenvalue weighted by Gasteiger charge is -2.03. The van der Waals surface area contributed by atoms with Gasteiger partial charge in [-0.3, -0.25) is 0 Å². The summed E-state index contributed by atoms with van der Waals surface area (Å²) in [6.07, 6.45) is 3.04. The normalized spacial score (nSPS) is 10.6. The van der Waals surface area contributed by atoms with E-state index in [9.17, 15) is 0 Å². The summed E-state index contributed by atoms with van der Waals surface area (Å²) >= 11 is 1.63. The van der Waals surface area contributed by atoms with E-state index in [2.05, 4.69) is 34.6 Å². The molecule has 0 aliphatic heterocycles. The van der Waals surface area contributed by atoms with Gasteiger partial charge in [0.05, 0.1) is 6.61 Å². The number of hydrogen-bond donors (Lipinski definition) is 2. The van der Waals surface area contributed by atoms with Gasteiger partial charge >= 0.3 is 0 Å². The van der Waals surface area contributed by atoms with E-state index in [0.29, 0.717) is 0 Å². The van der Waals surface area contributed by atoms with Crippen LogP contribution < -0.4 is 5.32 Å². The van der Waals surface area contributed by atoms with Crippen molar-refractivity contribution in [2.75, 3.05) is 11.9 Å². The summed E-state index contributed by atoms with van der Waals surface area (Å²) in [7, 11) is 0. The average Bonchev–Trinajstić information content (AvgIpc) is 2.88. The molecule has 19 heavy (non-hydrogen) atoms. The van der Waals surface area contributed by atoms with Crippen molar-refractivity contribution in [3.8, 4) is 0 Å². The maximum absolute atomic E-state index is 8.97. The van der Waals surface area contributed by atoms with Crippen LogP contribution in [0.1, 0.15) is 29.5 Å². The second-order valence-electron chi connectivity index (χ2n) is 4.40. The van der Waals surface area contributed by atoms with Crippen LogP contribution in [0.4, 0.5) is 5.13 Å². The number of benzene rings is 1. The van der Waals surface area contributed by atoms with Crippen LogP contribution in [0.15, 0.2) is 24.3 Å². The van der Waals surface area contributed by atoms with Gasteiger partial charge in [-0.2, -0.15) is 0 Å². The lowest BCUT2D eigenvalue weighted by molar-refractivity contribution is 0.282. The van der Waals surface area contributed by atoms with E-state index in [1.165, 1.54) is 5.56 Å². The number of anilines is 1. The number of aliphatic hydroxyl groups excluding tert-OH is 1. The Balaban J connectivity index is 1.78. The Hall–Kier alpha value is -1.46. The van der Waals surface area contributed by atoms with Gasteiger partial charge in [0.1, 0.15) is 5.01 Å². The standard InChI is InChI=1S/C14H19N3OS/c1-2-3-13-16-17-14(19-13)15-9-8-11-4-6-12(10-18)7-5-11/h4-7,18H,2-3,8-10H2,1H3,(H,15,17). The first-order chi connectivity index (χ1) is 9.31. The Bertz CT molecular complexity index is 496. The Kier molecular flexibility index (Phi) is 5.30. The SMILES string of the molecule is CCCc1nnc(NCCc2ccc(CO)cc2)s1. The molecule has 0 fully saturated rings. The molecular weight excluding hydrogens is 258 g/mol. The summed E-state index contributed by atoms with van der Waals surface area (Å²) in [5.74, 6) is 0. The molecule has 0 bridgehead atoms. The van der Waals surface area contributed by atoms with Crippen molar-refractivity contribution in [2.45, 2.75) is 32.8 Å². The number of aryl methyl sites for hydroxylation is 1. The minimum atomic E-state index is 0.101. The number of hydrogen-bond acceptors (Lipinski definition) is 5. The Labute approximate surface area is 117 Å². The van der Waals surface area contributed by atoms with E-state index in [4.69, 9.17) is 5.11 Å². The van der Waals surface area contributed by atoms with Crippen LogP contribution in [-0.4, -0.2) is 21.8 Å². The summed E-state index contributed by atoms with van der Waals surface area (Å²) in [5, 5.41) is 22.5. The van der Waals surface area contributed by atoms with Gasteiger partial charge in [-0.05, 0) is 24.0 Å². The van der Waals surface area contributed by atoms with Gasteiger partial charge in [0.25, 0.3) is 0 Å². The van der Waals surface area contributed by atoms with Crippen molar-refractivity contribution in [3.63, 3.8) is 0 Å². The number of nitrogens with zero attached hydrogens (tertiary/aromatic N) is 2. The number of nitrogens with one attached hydrogen (secondary N) is 1. The van der Waals surface area contributed by atoms with Gasteiger partial charge in [-0.25, -0.2) is 0 Å². The molecule has 0 saturated heterocycles. The topological polar surface area (TPSA) is 58.0 Å². The largest absolute Gasteiger partial charge is 0.392 e. The molecule has 1 aromatic heterocycles. The second kappa shape index (κ2) is 7.21. The van der Waals surface area contributed by atoms with Crippen LogP contribution in [0.2, 0.25) is 0 Å². The smallest absolute Gasteiger partial charge is 0.205 e. The van der Waals surface area contributed by atoms with Crippen LogP contribution in [0.3, 0.4) is 0 Å². The summed E-state index contributed by atoms with van der Waals surface area (Å²) in [6.45, 7) is 3.09. The van der Waals surface area contributed by atoms with Crippen molar-refractivity contribution in [1.82, 2.24) is 10.2 Å². The molecule has 2 aromatic rings. The van der Waals surface area contributed by atoms with Crippen molar-refractivity contribution < 1.29 is 5.11 Å². The summed E-state index contributed by atoms with van der Waals surface area (Å²) in [6, 6.07) is 8.02. The Morgan fingerprint density at radius 3 is 2.53 bits per heavy atom. The van der Waals surface area contributed by atoms with Crippen LogP contribution in [0.25, 0.3) is 0 Å². The van der Waals surface area contributed by atoms with E-state index < -0.39 is 0 Å². The minimum absolute atomic E-state index is 0.101. The molecule has 4 nitrogen and oxygen atoms in total. The van der Waals surface area contributed by atoms with Gasteiger partial charge < -0.3 is 10.4 Å². The molecule has 0 unspecified atom stereocenters. The van der Waals surface area contributed by atoms with E-state index in [1.807, 2.05) is 12.1 Å².